The Kier molecular flexibility index (Phi) is 5.27. The highest BCUT2D eigenvalue weighted by molar-refractivity contribution is 9.10. The van der Waals surface area contributed by atoms with Crippen molar-refractivity contribution < 1.29 is 17.9 Å². The van der Waals surface area contributed by atoms with Crippen LogP contribution in [0.4, 0.5) is 0 Å². The lowest BCUT2D eigenvalue weighted by atomic mass is 9.94. The van der Waals surface area contributed by atoms with Crippen LogP contribution in [0, 0.1) is 0 Å². The van der Waals surface area contributed by atoms with E-state index in [1.807, 2.05) is 12.1 Å². The van der Waals surface area contributed by atoms with Crippen molar-refractivity contribution in [1.29, 1.82) is 0 Å². The summed E-state index contributed by atoms with van der Waals surface area (Å²) in [5, 5.41) is 0. The minimum absolute atomic E-state index is 0.169. The zero-order valence-electron chi connectivity index (χ0n) is 13.7. The van der Waals surface area contributed by atoms with E-state index in [9.17, 15) is 13.2 Å². The first kappa shape index (κ1) is 18.1. The summed E-state index contributed by atoms with van der Waals surface area (Å²) in [5.74, 6) is -0.555. The Morgan fingerprint density at radius 2 is 1.96 bits per heavy atom. The van der Waals surface area contributed by atoms with Gasteiger partial charge in [-0.2, -0.15) is 4.31 Å². The molecule has 0 spiro atoms. The molecule has 7 heteroatoms. The molecule has 1 aliphatic rings. The third kappa shape index (κ3) is 3.49. The van der Waals surface area contributed by atoms with Crippen LogP contribution in [-0.2, 0) is 26.0 Å². The largest absolute Gasteiger partial charge is 0.465 e. The number of hydrogen-bond donors (Lipinski definition) is 0. The fourth-order valence-electron chi connectivity index (χ4n) is 3.02. The molecule has 0 fully saturated rings. The number of sulfonamides is 1. The van der Waals surface area contributed by atoms with Crippen LogP contribution in [0.15, 0.2) is 57.9 Å². The van der Waals surface area contributed by atoms with Crippen LogP contribution < -0.4 is 0 Å². The number of esters is 1. The second kappa shape index (κ2) is 7.27. The van der Waals surface area contributed by atoms with E-state index in [0.29, 0.717) is 12.0 Å². The molecule has 3 rings (SSSR count). The highest BCUT2D eigenvalue weighted by Gasteiger charge is 2.41. The van der Waals surface area contributed by atoms with Crippen molar-refractivity contribution in [3.8, 4) is 0 Å². The van der Waals surface area contributed by atoms with Crippen LogP contribution in [0.3, 0.4) is 0 Å². The van der Waals surface area contributed by atoms with Gasteiger partial charge in [-0.25, -0.2) is 13.2 Å². The average Bonchev–Trinajstić information content (AvgIpc) is 2.61. The first-order chi connectivity index (χ1) is 11.9. The third-order valence-corrected chi connectivity index (χ3v) is 6.52. The van der Waals surface area contributed by atoms with E-state index in [1.165, 1.54) is 16.4 Å². The van der Waals surface area contributed by atoms with Crippen LogP contribution >= 0.6 is 15.9 Å². The number of nitrogens with zero attached hydrogens (tertiary/aromatic N) is 1. The lowest BCUT2D eigenvalue weighted by Crippen LogP contribution is -2.44. The molecule has 25 heavy (non-hydrogen) atoms. The molecule has 0 amide bonds. The van der Waals surface area contributed by atoms with Gasteiger partial charge in [-0.3, -0.25) is 0 Å². The maximum absolute atomic E-state index is 13.1. The molecule has 0 saturated heterocycles. The summed E-state index contributed by atoms with van der Waals surface area (Å²) in [6.45, 7) is 2.13. The number of fused-ring (bicyclic) bond motifs is 1. The first-order valence-electron chi connectivity index (χ1n) is 7.97. The van der Waals surface area contributed by atoms with E-state index in [1.54, 1.807) is 31.2 Å². The summed E-state index contributed by atoms with van der Waals surface area (Å²) in [5.41, 5.74) is 1.62. The Bertz CT molecular complexity index is 883. The number of rotatable bonds is 4. The predicted molar refractivity (Wildman–Crippen MR) is 97.6 cm³/mol. The fourth-order valence-corrected chi connectivity index (χ4v) is 4.97. The molecular weight excluding hydrogens is 406 g/mol. The maximum atomic E-state index is 13.1. The summed E-state index contributed by atoms with van der Waals surface area (Å²) < 4.78 is 33.4. The zero-order chi connectivity index (χ0) is 18.0. The summed E-state index contributed by atoms with van der Waals surface area (Å²) in [4.78, 5) is 12.8. The lowest BCUT2D eigenvalue weighted by molar-refractivity contribution is -0.148. The van der Waals surface area contributed by atoms with Crippen molar-refractivity contribution in [3.05, 3.63) is 64.1 Å². The van der Waals surface area contributed by atoms with Gasteiger partial charge in [-0.05, 0) is 48.7 Å². The Balaban J connectivity index is 2.11. The van der Waals surface area contributed by atoms with Crippen LogP contribution in [-0.4, -0.2) is 31.8 Å². The van der Waals surface area contributed by atoms with E-state index >= 15 is 0 Å². The summed E-state index contributed by atoms with van der Waals surface area (Å²) in [6, 6.07) is 12.8. The van der Waals surface area contributed by atoms with Crippen molar-refractivity contribution in [1.82, 2.24) is 4.31 Å². The first-order valence-corrected chi connectivity index (χ1v) is 10.2. The van der Waals surface area contributed by atoms with Gasteiger partial charge in [0.15, 0.2) is 0 Å². The number of carbonyl (C=O) groups is 1. The van der Waals surface area contributed by atoms with Gasteiger partial charge in [0.05, 0.1) is 11.5 Å². The molecule has 0 aliphatic carbocycles. The van der Waals surface area contributed by atoms with Crippen molar-refractivity contribution >= 4 is 31.9 Å². The molecule has 0 bridgehead atoms. The maximum Gasteiger partial charge on any atom is 0.329 e. The second-order valence-electron chi connectivity index (χ2n) is 5.68. The average molecular weight is 424 g/mol. The standard InChI is InChI=1S/C18H18BrNO4S/c1-2-24-18(21)17-16-12-14(19)9-8-13(16)10-11-20(17)25(22,23)15-6-4-3-5-7-15/h3-9,12,17H,2,10-11H2,1H3. The van der Waals surface area contributed by atoms with E-state index in [-0.39, 0.29) is 18.0 Å². The Labute approximate surface area is 155 Å². The van der Waals surface area contributed by atoms with Crippen LogP contribution in [0.1, 0.15) is 24.1 Å². The summed E-state index contributed by atoms with van der Waals surface area (Å²) >= 11 is 3.40. The highest BCUT2D eigenvalue weighted by Crippen LogP contribution is 2.36. The van der Waals surface area contributed by atoms with Gasteiger partial charge in [0.25, 0.3) is 0 Å². The van der Waals surface area contributed by atoms with E-state index in [2.05, 4.69) is 15.9 Å². The number of halogens is 1. The smallest absolute Gasteiger partial charge is 0.329 e. The SMILES string of the molecule is CCOC(=O)C1c2cc(Br)ccc2CCN1S(=O)(=O)c1ccccc1. The van der Waals surface area contributed by atoms with Gasteiger partial charge in [-0.15, -0.1) is 0 Å². The topological polar surface area (TPSA) is 63.7 Å². The normalized spacial score (nSPS) is 17.8. The second-order valence-corrected chi connectivity index (χ2v) is 8.48. The molecule has 1 aliphatic heterocycles. The zero-order valence-corrected chi connectivity index (χ0v) is 16.1. The molecule has 0 saturated carbocycles. The minimum Gasteiger partial charge on any atom is -0.465 e. The minimum atomic E-state index is -3.81. The molecule has 2 aromatic rings. The third-order valence-electron chi connectivity index (χ3n) is 4.15. The van der Waals surface area contributed by atoms with Gasteiger partial charge < -0.3 is 4.74 Å². The number of benzene rings is 2. The number of hydrogen-bond acceptors (Lipinski definition) is 4. The van der Waals surface area contributed by atoms with E-state index in [0.717, 1.165) is 10.0 Å². The summed E-state index contributed by atoms with van der Waals surface area (Å²) in [7, 11) is -3.81. The predicted octanol–water partition coefficient (Wildman–Crippen LogP) is 3.30. The van der Waals surface area contributed by atoms with Crippen molar-refractivity contribution in [2.45, 2.75) is 24.3 Å². The van der Waals surface area contributed by atoms with Crippen molar-refractivity contribution in [2.75, 3.05) is 13.2 Å². The fraction of sp³-hybridized carbons (Fsp3) is 0.278. The van der Waals surface area contributed by atoms with E-state index < -0.39 is 22.0 Å². The van der Waals surface area contributed by atoms with Crippen LogP contribution in [0.2, 0.25) is 0 Å². The van der Waals surface area contributed by atoms with Gasteiger partial charge in [0.1, 0.15) is 6.04 Å². The molecule has 2 aromatic carbocycles. The van der Waals surface area contributed by atoms with Gasteiger partial charge in [-0.1, -0.05) is 40.2 Å². The molecule has 5 nitrogen and oxygen atoms in total. The number of ether oxygens (including phenoxy) is 1. The summed E-state index contributed by atoms with van der Waals surface area (Å²) in [6.07, 6.45) is 0.546. The molecule has 0 N–H and O–H groups in total. The molecule has 1 heterocycles. The van der Waals surface area contributed by atoms with Crippen LogP contribution in [0.5, 0.6) is 0 Å². The highest BCUT2D eigenvalue weighted by atomic mass is 79.9. The molecule has 1 unspecified atom stereocenters. The van der Waals surface area contributed by atoms with Crippen molar-refractivity contribution in [2.24, 2.45) is 0 Å². The molecule has 1 atom stereocenters. The number of carbonyl (C=O) groups excluding carboxylic acids is 1. The molecular formula is C18H18BrNO4S. The molecule has 0 aromatic heterocycles. The van der Waals surface area contributed by atoms with Gasteiger partial charge in [0.2, 0.25) is 10.0 Å². The molecule has 132 valence electrons. The quantitative estimate of drug-likeness (QED) is 0.707. The Morgan fingerprint density at radius 1 is 1.24 bits per heavy atom. The van der Waals surface area contributed by atoms with E-state index in [4.69, 9.17) is 4.74 Å². The monoisotopic (exact) mass is 423 g/mol. The van der Waals surface area contributed by atoms with Gasteiger partial charge in [0, 0.05) is 11.0 Å². The molecule has 0 radical (unpaired) electrons. The van der Waals surface area contributed by atoms with Crippen molar-refractivity contribution in [3.63, 3.8) is 0 Å². The van der Waals surface area contributed by atoms with Crippen LogP contribution in [0.25, 0.3) is 0 Å². The Morgan fingerprint density at radius 3 is 2.64 bits per heavy atom. The lowest BCUT2D eigenvalue weighted by Gasteiger charge is -2.34. The van der Waals surface area contributed by atoms with Gasteiger partial charge >= 0.3 is 5.97 Å². The Hall–Kier alpha value is -1.70.